The largest absolute Gasteiger partial charge is 0.393 e. The first kappa shape index (κ1) is 26.4. The molecule has 0 saturated heterocycles. The number of aliphatic hydroxyl groups is 1. The lowest BCUT2D eigenvalue weighted by Gasteiger charge is -2.61. The maximum Gasteiger partial charge on any atom is 0.264 e. The molecule has 34 heavy (non-hydrogen) atoms. The van der Waals surface area contributed by atoms with Gasteiger partial charge >= 0.3 is 0 Å². The fourth-order valence-electron chi connectivity index (χ4n) is 9.34. The summed E-state index contributed by atoms with van der Waals surface area (Å²) in [5.41, 5.74) is 0.796. The van der Waals surface area contributed by atoms with Crippen LogP contribution in [0.5, 0.6) is 0 Å². The van der Waals surface area contributed by atoms with Crippen molar-refractivity contribution >= 4 is 16.0 Å². The van der Waals surface area contributed by atoms with E-state index in [1.54, 1.807) is 0 Å². The van der Waals surface area contributed by atoms with Crippen molar-refractivity contribution in [3.8, 4) is 0 Å². The molecule has 9 atom stereocenters. The Morgan fingerprint density at radius 1 is 1.03 bits per heavy atom. The molecule has 196 valence electrons. The Kier molecular flexibility index (Phi) is 7.77. The van der Waals surface area contributed by atoms with Crippen LogP contribution in [0.25, 0.3) is 0 Å². The number of amides is 1. The van der Waals surface area contributed by atoms with Crippen LogP contribution in [0.4, 0.5) is 0 Å². The minimum atomic E-state index is -3.96. The van der Waals surface area contributed by atoms with E-state index in [1.807, 2.05) is 0 Å². The van der Waals surface area contributed by atoms with Crippen LogP contribution in [-0.4, -0.2) is 42.4 Å². The molecular weight excluding hydrogens is 450 g/mol. The quantitative estimate of drug-likeness (QED) is 0.330. The predicted octanol–water partition coefficient (Wildman–Crippen LogP) is 4.82. The average molecular weight is 498 g/mol. The summed E-state index contributed by atoms with van der Waals surface area (Å²) in [6, 6.07) is 0. The van der Waals surface area contributed by atoms with Crippen LogP contribution in [0.15, 0.2) is 0 Å². The van der Waals surface area contributed by atoms with E-state index in [-0.39, 0.29) is 30.7 Å². The van der Waals surface area contributed by atoms with Crippen LogP contribution >= 0.6 is 0 Å². The molecule has 1 amide bonds. The smallest absolute Gasteiger partial charge is 0.264 e. The molecule has 4 aliphatic rings. The van der Waals surface area contributed by atoms with E-state index < -0.39 is 10.1 Å². The van der Waals surface area contributed by atoms with Gasteiger partial charge < -0.3 is 10.4 Å². The van der Waals surface area contributed by atoms with E-state index in [4.69, 9.17) is 4.55 Å². The lowest BCUT2D eigenvalue weighted by atomic mass is 9.44. The topological polar surface area (TPSA) is 104 Å². The van der Waals surface area contributed by atoms with Crippen molar-refractivity contribution in [2.45, 2.75) is 104 Å². The first-order valence-electron chi connectivity index (χ1n) is 13.8. The van der Waals surface area contributed by atoms with Crippen molar-refractivity contribution in [3.63, 3.8) is 0 Å². The summed E-state index contributed by atoms with van der Waals surface area (Å²) < 4.78 is 30.4. The Balaban J connectivity index is 1.31. The lowest BCUT2D eigenvalue weighted by Crippen LogP contribution is -2.54. The third-order valence-electron chi connectivity index (χ3n) is 11.1. The summed E-state index contributed by atoms with van der Waals surface area (Å²) >= 11 is 0. The molecule has 4 aliphatic carbocycles. The number of carbonyl (C=O) groups is 1. The highest BCUT2D eigenvalue weighted by atomic mass is 32.2. The average Bonchev–Trinajstić information content (AvgIpc) is 3.12. The summed E-state index contributed by atoms with van der Waals surface area (Å²) in [7, 11) is -3.96. The summed E-state index contributed by atoms with van der Waals surface area (Å²) in [6.07, 6.45) is 12.6. The second kappa shape index (κ2) is 10.0. The van der Waals surface area contributed by atoms with Gasteiger partial charge in [0, 0.05) is 13.0 Å². The highest BCUT2D eigenvalue weighted by Crippen LogP contribution is 2.68. The van der Waals surface area contributed by atoms with Gasteiger partial charge in [0.1, 0.15) is 0 Å². The van der Waals surface area contributed by atoms with Crippen molar-refractivity contribution in [2.75, 3.05) is 12.3 Å². The Hall–Kier alpha value is -0.660. The Morgan fingerprint density at radius 2 is 1.74 bits per heavy atom. The van der Waals surface area contributed by atoms with Gasteiger partial charge in [0.15, 0.2) is 0 Å². The van der Waals surface area contributed by atoms with Gasteiger partial charge in [-0.2, -0.15) is 8.42 Å². The number of rotatable bonds is 8. The normalized spacial score (nSPS) is 42.9. The van der Waals surface area contributed by atoms with Crippen LogP contribution < -0.4 is 5.32 Å². The molecule has 7 heteroatoms. The zero-order valence-electron chi connectivity index (χ0n) is 21.5. The van der Waals surface area contributed by atoms with Crippen LogP contribution in [0.3, 0.4) is 0 Å². The third-order valence-corrected chi connectivity index (χ3v) is 11.9. The highest BCUT2D eigenvalue weighted by Gasteiger charge is 2.60. The highest BCUT2D eigenvalue weighted by molar-refractivity contribution is 7.85. The van der Waals surface area contributed by atoms with Gasteiger partial charge in [-0.1, -0.05) is 20.8 Å². The number of aliphatic hydroxyl groups excluding tert-OH is 1. The molecule has 9 unspecified atom stereocenters. The molecule has 0 aromatic heterocycles. The number of hydrogen-bond acceptors (Lipinski definition) is 4. The van der Waals surface area contributed by atoms with Gasteiger partial charge in [0.05, 0.1) is 11.9 Å². The first-order valence-corrected chi connectivity index (χ1v) is 15.4. The summed E-state index contributed by atoms with van der Waals surface area (Å²) in [4.78, 5) is 12.3. The molecule has 0 heterocycles. The van der Waals surface area contributed by atoms with E-state index >= 15 is 0 Å². The lowest BCUT2D eigenvalue weighted by molar-refractivity contribution is -0.129. The standard InChI is InChI=1S/C27H47NO5S/c1-18(5-10-25(30)28-15-4-16-34(31,32)33)22-8-9-23-21-7-6-19-17-20(29)11-13-26(19,2)24(21)12-14-27(22,23)3/h18-24,29H,4-17H2,1-3H3,(H,28,30)(H,31,32,33). The SMILES string of the molecule is CC(CCC(=O)NCCCS(=O)(=O)O)C1CCC2C3CCC4CC(O)CCC4(C)C3CCC12C. The molecule has 0 aliphatic heterocycles. The van der Waals surface area contributed by atoms with E-state index in [0.717, 1.165) is 37.0 Å². The molecule has 0 aromatic carbocycles. The van der Waals surface area contributed by atoms with Crippen molar-refractivity contribution < 1.29 is 22.9 Å². The van der Waals surface area contributed by atoms with Gasteiger partial charge in [0.25, 0.3) is 10.1 Å². The van der Waals surface area contributed by atoms with Gasteiger partial charge in [0.2, 0.25) is 5.91 Å². The fourth-order valence-corrected chi connectivity index (χ4v) is 9.85. The molecule has 6 nitrogen and oxygen atoms in total. The summed E-state index contributed by atoms with van der Waals surface area (Å²) in [5.74, 6) is 4.01. The monoisotopic (exact) mass is 497 g/mol. The van der Waals surface area contributed by atoms with Crippen LogP contribution in [0.2, 0.25) is 0 Å². The minimum Gasteiger partial charge on any atom is -0.393 e. The Labute approximate surface area is 206 Å². The van der Waals surface area contributed by atoms with Gasteiger partial charge in [-0.15, -0.1) is 0 Å². The maximum atomic E-state index is 12.3. The van der Waals surface area contributed by atoms with E-state index in [1.165, 1.54) is 44.9 Å². The molecule has 0 aromatic rings. The first-order chi connectivity index (χ1) is 15.9. The summed E-state index contributed by atoms with van der Waals surface area (Å²) in [6.45, 7) is 7.72. The third kappa shape index (κ3) is 5.22. The van der Waals surface area contributed by atoms with Crippen molar-refractivity contribution in [3.05, 3.63) is 0 Å². The number of carbonyl (C=O) groups excluding carboxylic acids is 1. The van der Waals surface area contributed by atoms with Gasteiger partial charge in [-0.25, -0.2) is 0 Å². The van der Waals surface area contributed by atoms with Gasteiger partial charge in [-0.05, 0) is 117 Å². The molecule has 4 fully saturated rings. The van der Waals surface area contributed by atoms with E-state index in [0.29, 0.717) is 35.0 Å². The van der Waals surface area contributed by atoms with Crippen LogP contribution in [0.1, 0.15) is 97.8 Å². The van der Waals surface area contributed by atoms with Crippen molar-refractivity contribution in [1.29, 1.82) is 0 Å². The second-order valence-corrected chi connectivity index (χ2v) is 14.4. The molecular formula is C27H47NO5S. The number of fused-ring (bicyclic) bond motifs is 5. The Bertz CT molecular complexity index is 846. The molecule has 3 N–H and O–H groups in total. The maximum absolute atomic E-state index is 12.3. The predicted molar refractivity (Wildman–Crippen MR) is 134 cm³/mol. The van der Waals surface area contributed by atoms with Crippen molar-refractivity contribution in [2.24, 2.45) is 46.3 Å². The molecule has 0 bridgehead atoms. The molecule has 4 rings (SSSR count). The fraction of sp³-hybridized carbons (Fsp3) is 0.963. The van der Waals surface area contributed by atoms with E-state index in [2.05, 4.69) is 26.1 Å². The zero-order valence-corrected chi connectivity index (χ0v) is 22.3. The number of nitrogens with one attached hydrogen (secondary N) is 1. The Morgan fingerprint density at radius 3 is 2.47 bits per heavy atom. The molecule has 0 radical (unpaired) electrons. The van der Waals surface area contributed by atoms with Crippen molar-refractivity contribution in [1.82, 2.24) is 5.32 Å². The second-order valence-electron chi connectivity index (χ2n) is 12.8. The van der Waals surface area contributed by atoms with Crippen LogP contribution in [0, 0.1) is 46.3 Å². The number of hydrogen-bond donors (Lipinski definition) is 3. The van der Waals surface area contributed by atoms with Crippen LogP contribution in [-0.2, 0) is 14.9 Å². The van der Waals surface area contributed by atoms with Gasteiger partial charge in [-0.3, -0.25) is 9.35 Å². The molecule has 0 spiro atoms. The zero-order chi connectivity index (χ0) is 24.7. The summed E-state index contributed by atoms with van der Waals surface area (Å²) in [5, 5.41) is 13.1. The van der Waals surface area contributed by atoms with E-state index in [9.17, 15) is 18.3 Å². The minimum absolute atomic E-state index is 0.0173. The molecule has 4 saturated carbocycles.